The normalized spacial score (nSPS) is 11.4. The molecule has 0 bridgehead atoms. The van der Waals surface area contributed by atoms with Gasteiger partial charge in [0.15, 0.2) is 0 Å². The second-order valence-corrected chi connectivity index (χ2v) is 6.61. The van der Waals surface area contributed by atoms with Crippen LogP contribution in [-0.4, -0.2) is 35.1 Å². The number of nitrogens with zero attached hydrogens (tertiary/aromatic N) is 5. The molecule has 0 spiro atoms. The van der Waals surface area contributed by atoms with Crippen LogP contribution in [0.25, 0.3) is 55.8 Å². The van der Waals surface area contributed by atoms with Gasteiger partial charge in [-0.1, -0.05) is 0 Å². The van der Waals surface area contributed by atoms with E-state index >= 15 is 0 Å². The van der Waals surface area contributed by atoms with E-state index < -0.39 is 0 Å². The molecule has 0 amide bonds. The maximum Gasteiger partial charge on any atom is 0.138 e. The minimum atomic E-state index is 0.731. The van der Waals surface area contributed by atoms with Crippen molar-refractivity contribution in [2.24, 2.45) is 0 Å². The predicted molar refractivity (Wildman–Crippen MR) is 108 cm³/mol. The van der Waals surface area contributed by atoms with Gasteiger partial charge in [-0.2, -0.15) is 5.10 Å². The van der Waals surface area contributed by atoms with Crippen LogP contribution < -0.4 is 0 Å². The van der Waals surface area contributed by atoms with E-state index in [0.29, 0.717) is 0 Å². The zero-order valence-electron chi connectivity index (χ0n) is 15.0. The maximum atomic E-state index is 5.24. The Hall–Kier alpha value is -4.33. The molecule has 0 saturated carbocycles. The van der Waals surface area contributed by atoms with Gasteiger partial charge in [0.2, 0.25) is 0 Å². The van der Waals surface area contributed by atoms with Crippen molar-refractivity contribution in [1.29, 1.82) is 0 Å². The molecule has 6 rings (SSSR count). The first-order chi connectivity index (χ1) is 14.4. The molecular formula is C21H13N7O. The Bertz CT molecular complexity index is 1450. The highest BCUT2D eigenvalue weighted by Gasteiger charge is 2.16. The van der Waals surface area contributed by atoms with Crippen LogP contribution in [0.1, 0.15) is 0 Å². The molecule has 0 aromatic carbocycles. The number of rotatable bonds is 3. The molecule has 6 heterocycles. The highest BCUT2D eigenvalue weighted by Crippen LogP contribution is 2.33. The summed E-state index contributed by atoms with van der Waals surface area (Å²) in [4.78, 5) is 20.8. The van der Waals surface area contributed by atoms with E-state index in [0.717, 1.165) is 55.8 Å². The van der Waals surface area contributed by atoms with E-state index in [1.807, 2.05) is 30.3 Å². The third-order valence-corrected chi connectivity index (χ3v) is 4.88. The molecule has 8 nitrogen and oxygen atoms in total. The summed E-state index contributed by atoms with van der Waals surface area (Å²) in [7, 11) is 0. The van der Waals surface area contributed by atoms with Crippen LogP contribution in [-0.2, 0) is 0 Å². The first kappa shape index (κ1) is 15.7. The lowest BCUT2D eigenvalue weighted by Crippen LogP contribution is -1.87. The van der Waals surface area contributed by atoms with Crippen LogP contribution in [0.15, 0.2) is 72.2 Å². The predicted octanol–water partition coefficient (Wildman–Crippen LogP) is 4.22. The average Bonchev–Trinajstić information content (AvgIpc) is 3.52. The quantitative estimate of drug-likeness (QED) is 0.476. The van der Waals surface area contributed by atoms with Crippen molar-refractivity contribution >= 4 is 22.1 Å². The van der Waals surface area contributed by atoms with Gasteiger partial charge in [0.25, 0.3) is 0 Å². The molecule has 6 aromatic rings. The van der Waals surface area contributed by atoms with Gasteiger partial charge in [-0.05, 0) is 35.9 Å². The summed E-state index contributed by atoms with van der Waals surface area (Å²) < 4.78 is 5.24. The molecule has 138 valence electrons. The fourth-order valence-electron chi connectivity index (χ4n) is 3.50. The molecule has 6 aromatic heterocycles. The standard InChI is InChI=1S/C21H13N7O/c1-2-17-19(25-16(1)13-8-22-11-23-9-13)20(28-27-17)18-7-15-14(12-4-6-29-10-12)3-5-24-21(15)26-18/h1-11H,(H,24,26)(H,27,28). The number of aromatic nitrogens is 7. The van der Waals surface area contributed by atoms with Crippen molar-refractivity contribution in [2.75, 3.05) is 0 Å². The van der Waals surface area contributed by atoms with Gasteiger partial charge >= 0.3 is 0 Å². The second-order valence-electron chi connectivity index (χ2n) is 6.61. The molecule has 0 atom stereocenters. The number of pyridine rings is 2. The third kappa shape index (κ3) is 2.50. The smallest absolute Gasteiger partial charge is 0.138 e. The highest BCUT2D eigenvalue weighted by atomic mass is 16.3. The molecule has 0 aliphatic carbocycles. The van der Waals surface area contributed by atoms with Crippen LogP contribution >= 0.6 is 0 Å². The maximum absolute atomic E-state index is 5.24. The lowest BCUT2D eigenvalue weighted by atomic mass is 10.1. The van der Waals surface area contributed by atoms with Gasteiger partial charge in [-0.15, -0.1) is 0 Å². The van der Waals surface area contributed by atoms with Crippen LogP contribution in [0.4, 0.5) is 0 Å². The summed E-state index contributed by atoms with van der Waals surface area (Å²) in [6.45, 7) is 0. The summed E-state index contributed by atoms with van der Waals surface area (Å²) in [6.07, 6.45) is 10.1. The van der Waals surface area contributed by atoms with Gasteiger partial charge < -0.3 is 9.40 Å². The number of fused-ring (bicyclic) bond motifs is 2. The minimum absolute atomic E-state index is 0.731. The van der Waals surface area contributed by atoms with Gasteiger partial charge in [0.05, 0.1) is 29.4 Å². The van der Waals surface area contributed by atoms with Crippen LogP contribution in [0.2, 0.25) is 0 Å². The van der Waals surface area contributed by atoms with Gasteiger partial charge in [-0.3, -0.25) is 5.10 Å². The highest BCUT2D eigenvalue weighted by molar-refractivity contribution is 5.98. The Morgan fingerprint density at radius 1 is 0.966 bits per heavy atom. The second kappa shape index (κ2) is 6.10. The molecule has 29 heavy (non-hydrogen) atoms. The first-order valence-corrected chi connectivity index (χ1v) is 8.98. The van der Waals surface area contributed by atoms with Crippen molar-refractivity contribution in [3.05, 3.63) is 67.8 Å². The van der Waals surface area contributed by atoms with Crippen molar-refractivity contribution in [3.63, 3.8) is 0 Å². The monoisotopic (exact) mass is 379 g/mol. The lowest BCUT2D eigenvalue weighted by Gasteiger charge is -2.00. The van der Waals surface area contributed by atoms with E-state index in [4.69, 9.17) is 9.40 Å². The summed E-state index contributed by atoms with van der Waals surface area (Å²) in [5, 5.41) is 8.54. The van der Waals surface area contributed by atoms with Crippen molar-refractivity contribution in [1.82, 2.24) is 35.1 Å². The molecule has 0 saturated heterocycles. The topological polar surface area (TPSA) is 109 Å². The van der Waals surface area contributed by atoms with Crippen molar-refractivity contribution in [3.8, 4) is 33.8 Å². The van der Waals surface area contributed by atoms with Crippen LogP contribution in [0, 0.1) is 0 Å². The molecule has 0 unspecified atom stereocenters. The summed E-state index contributed by atoms with van der Waals surface area (Å²) >= 11 is 0. The summed E-state index contributed by atoms with van der Waals surface area (Å²) in [5.41, 5.74) is 7.64. The first-order valence-electron chi connectivity index (χ1n) is 8.98. The number of aromatic amines is 2. The van der Waals surface area contributed by atoms with Crippen LogP contribution in [0.5, 0.6) is 0 Å². The van der Waals surface area contributed by atoms with Gasteiger partial charge in [0, 0.05) is 35.1 Å². The minimum Gasteiger partial charge on any atom is -0.472 e. The molecule has 0 aliphatic rings. The Balaban J connectivity index is 1.53. The molecule has 0 radical (unpaired) electrons. The molecule has 8 heteroatoms. The number of hydrogen-bond donors (Lipinski definition) is 2. The van der Waals surface area contributed by atoms with E-state index in [-0.39, 0.29) is 0 Å². The van der Waals surface area contributed by atoms with Gasteiger partial charge in [-0.25, -0.2) is 19.9 Å². The van der Waals surface area contributed by atoms with Crippen molar-refractivity contribution < 1.29 is 4.42 Å². The van der Waals surface area contributed by atoms with E-state index in [9.17, 15) is 0 Å². The molecular weight excluding hydrogens is 366 g/mol. The third-order valence-electron chi connectivity index (χ3n) is 4.88. The Kier molecular flexibility index (Phi) is 3.30. The molecule has 0 fully saturated rings. The molecule has 2 N–H and O–H groups in total. The zero-order valence-corrected chi connectivity index (χ0v) is 15.0. The van der Waals surface area contributed by atoms with E-state index in [1.165, 1.54) is 6.33 Å². The Labute approximate surface area is 163 Å². The lowest BCUT2D eigenvalue weighted by molar-refractivity contribution is 0.568. The average molecular weight is 379 g/mol. The number of H-pyrrole nitrogens is 2. The Morgan fingerprint density at radius 2 is 1.90 bits per heavy atom. The Morgan fingerprint density at radius 3 is 2.76 bits per heavy atom. The molecule has 0 aliphatic heterocycles. The fourth-order valence-corrected chi connectivity index (χ4v) is 3.50. The summed E-state index contributed by atoms with van der Waals surface area (Å²) in [5.74, 6) is 0. The fraction of sp³-hybridized carbons (Fsp3) is 0. The number of furan rings is 1. The number of hydrogen-bond acceptors (Lipinski definition) is 6. The summed E-state index contributed by atoms with van der Waals surface area (Å²) in [6, 6.07) is 9.83. The van der Waals surface area contributed by atoms with Gasteiger partial charge in [0.1, 0.15) is 23.2 Å². The largest absolute Gasteiger partial charge is 0.472 e. The van der Waals surface area contributed by atoms with Crippen molar-refractivity contribution in [2.45, 2.75) is 0 Å². The van der Waals surface area contributed by atoms with Crippen LogP contribution in [0.3, 0.4) is 0 Å². The SMILES string of the molecule is c1ncc(-c2ccc3[nH]nc(-c4cc5c(-c6ccoc6)ccnc5[nH]4)c3n2)cn1. The zero-order chi connectivity index (χ0) is 19.2. The number of nitrogens with one attached hydrogen (secondary N) is 2. The van der Waals surface area contributed by atoms with E-state index in [1.54, 1.807) is 31.1 Å². The van der Waals surface area contributed by atoms with E-state index in [2.05, 4.69) is 30.1 Å².